The molecule has 1 N–H and O–H groups in total. The van der Waals surface area contributed by atoms with Crippen LogP contribution < -0.4 is 19.5 Å². The predicted molar refractivity (Wildman–Crippen MR) is 119 cm³/mol. The van der Waals surface area contributed by atoms with Crippen LogP contribution in [0.25, 0.3) is 11.0 Å². The number of para-hydroxylation sites is 3. The van der Waals surface area contributed by atoms with Crippen LogP contribution in [-0.4, -0.2) is 29.7 Å². The standard InChI is InChI=1S/C24H23N3O4/c1-29-19-12-17(13-20(14-19)30-2)25-24(28)15-27-22-11-7-6-10-21(22)26-23(27)16-31-18-8-4-3-5-9-18/h3-14H,15-16H2,1-2H3,(H,25,28). The second kappa shape index (κ2) is 9.21. The van der Waals surface area contributed by atoms with Gasteiger partial charge in [-0.3, -0.25) is 4.79 Å². The summed E-state index contributed by atoms with van der Waals surface area (Å²) in [4.78, 5) is 17.5. The van der Waals surface area contributed by atoms with E-state index in [9.17, 15) is 4.79 Å². The Morgan fingerprint density at radius 3 is 2.29 bits per heavy atom. The third kappa shape index (κ3) is 4.78. The van der Waals surface area contributed by atoms with Gasteiger partial charge in [-0.25, -0.2) is 4.98 Å². The first-order chi connectivity index (χ1) is 15.2. The largest absolute Gasteiger partial charge is 0.497 e. The number of nitrogens with one attached hydrogen (secondary N) is 1. The highest BCUT2D eigenvalue weighted by Gasteiger charge is 2.15. The summed E-state index contributed by atoms with van der Waals surface area (Å²) in [5.74, 6) is 2.41. The van der Waals surface area contributed by atoms with E-state index in [2.05, 4.69) is 10.3 Å². The van der Waals surface area contributed by atoms with Crippen LogP contribution in [0.1, 0.15) is 5.82 Å². The SMILES string of the molecule is COc1cc(NC(=O)Cn2c(COc3ccccc3)nc3ccccc32)cc(OC)c1. The van der Waals surface area contributed by atoms with Crippen LogP contribution in [0, 0.1) is 0 Å². The van der Waals surface area contributed by atoms with Gasteiger partial charge < -0.3 is 24.1 Å². The maximum absolute atomic E-state index is 12.9. The first-order valence-electron chi connectivity index (χ1n) is 9.81. The highest BCUT2D eigenvalue weighted by Crippen LogP contribution is 2.26. The number of rotatable bonds is 8. The lowest BCUT2D eigenvalue weighted by Crippen LogP contribution is -2.20. The predicted octanol–water partition coefficient (Wildman–Crippen LogP) is 4.27. The minimum absolute atomic E-state index is 0.0908. The van der Waals surface area contributed by atoms with Gasteiger partial charge in [-0.05, 0) is 24.3 Å². The molecule has 3 aromatic carbocycles. The summed E-state index contributed by atoms with van der Waals surface area (Å²) in [7, 11) is 3.13. The van der Waals surface area contributed by atoms with Crippen LogP contribution in [0.15, 0.2) is 72.8 Å². The summed E-state index contributed by atoms with van der Waals surface area (Å²) in [5, 5.41) is 2.91. The number of hydrogen-bond acceptors (Lipinski definition) is 5. The molecule has 0 fully saturated rings. The van der Waals surface area contributed by atoms with Crippen molar-refractivity contribution in [1.82, 2.24) is 9.55 Å². The lowest BCUT2D eigenvalue weighted by molar-refractivity contribution is -0.116. The Balaban J connectivity index is 1.56. The second-order valence-corrected chi connectivity index (χ2v) is 6.85. The Labute approximate surface area is 180 Å². The second-order valence-electron chi connectivity index (χ2n) is 6.85. The number of carbonyl (C=O) groups is 1. The summed E-state index contributed by atoms with van der Waals surface area (Å²) >= 11 is 0. The molecule has 1 aromatic heterocycles. The maximum Gasteiger partial charge on any atom is 0.244 e. The van der Waals surface area contributed by atoms with Crippen LogP contribution in [0.4, 0.5) is 5.69 Å². The summed E-state index contributed by atoms with van der Waals surface area (Å²) in [6.07, 6.45) is 0. The van der Waals surface area contributed by atoms with Crippen LogP contribution in [-0.2, 0) is 17.9 Å². The third-order valence-electron chi connectivity index (χ3n) is 4.78. The van der Waals surface area contributed by atoms with E-state index in [1.165, 1.54) is 0 Å². The summed E-state index contributed by atoms with van der Waals surface area (Å²) < 4.78 is 18.3. The molecule has 0 saturated heterocycles. The molecule has 0 bridgehead atoms. The van der Waals surface area contributed by atoms with Gasteiger partial charge in [-0.1, -0.05) is 30.3 Å². The molecule has 7 nitrogen and oxygen atoms in total. The molecule has 0 atom stereocenters. The highest BCUT2D eigenvalue weighted by molar-refractivity contribution is 5.92. The minimum atomic E-state index is -0.195. The van der Waals surface area contributed by atoms with Crippen LogP contribution >= 0.6 is 0 Å². The fourth-order valence-electron chi connectivity index (χ4n) is 3.30. The zero-order valence-corrected chi connectivity index (χ0v) is 17.4. The first kappa shape index (κ1) is 20.3. The van der Waals surface area contributed by atoms with Gasteiger partial charge in [0.1, 0.15) is 36.2 Å². The van der Waals surface area contributed by atoms with Crippen molar-refractivity contribution in [2.75, 3.05) is 19.5 Å². The van der Waals surface area contributed by atoms with E-state index in [0.29, 0.717) is 23.0 Å². The first-order valence-corrected chi connectivity index (χ1v) is 9.81. The normalized spacial score (nSPS) is 10.6. The van der Waals surface area contributed by atoms with Crippen LogP contribution in [0.3, 0.4) is 0 Å². The molecular formula is C24H23N3O4. The number of carbonyl (C=O) groups excluding carboxylic acids is 1. The van der Waals surface area contributed by atoms with Crippen molar-refractivity contribution in [2.24, 2.45) is 0 Å². The van der Waals surface area contributed by atoms with Gasteiger partial charge in [0.25, 0.3) is 0 Å². The van der Waals surface area contributed by atoms with Gasteiger partial charge in [-0.2, -0.15) is 0 Å². The van der Waals surface area contributed by atoms with Crippen LogP contribution in [0.5, 0.6) is 17.2 Å². The molecule has 4 aromatic rings. The number of nitrogens with zero attached hydrogens (tertiary/aromatic N) is 2. The van der Waals surface area contributed by atoms with Gasteiger partial charge in [-0.15, -0.1) is 0 Å². The molecule has 0 spiro atoms. The molecule has 1 heterocycles. The average molecular weight is 417 g/mol. The fraction of sp³-hybridized carbons (Fsp3) is 0.167. The van der Waals surface area contributed by atoms with Crippen molar-refractivity contribution < 1.29 is 19.0 Å². The van der Waals surface area contributed by atoms with Gasteiger partial charge in [0.2, 0.25) is 5.91 Å². The van der Waals surface area contributed by atoms with E-state index in [1.807, 2.05) is 59.2 Å². The highest BCUT2D eigenvalue weighted by atomic mass is 16.5. The van der Waals surface area contributed by atoms with Gasteiger partial charge in [0.05, 0.1) is 25.3 Å². The number of fused-ring (bicyclic) bond motifs is 1. The summed E-state index contributed by atoms with van der Waals surface area (Å²) in [6.45, 7) is 0.340. The minimum Gasteiger partial charge on any atom is -0.497 e. The van der Waals surface area contributed by atoms with Crippen LogP contribution in [0.2, 0.25) is 0 Å². The number of methoxy groups -OCH3 is 2. The summed E-state index contributed by atoms with van der Waals surface area (Å²) in [5.41, 5.74) is 2.27. The molecule has 0 unspecified atom stereocenters. The number of amides is 1. The van der Waals surface area contributed by atoms with Gasteiger partial charge in [0, 0.05) is 23.9 Å². The molecule has 7 heteroatoms. The number of hydrogen-bond donors (Lipinski definition) is 1. The van der Waals surface area contributed by atoms with E-state index in [0.717, 1.165) is 16.8 Å². The average Bonchev–Trinajstić information content (AvgIpc) is 3.15. The quantitative estimate of drug-likeness (QED) is 0.463. The fourth-order valence-corrected chi connectivity index (χ4v) is 3.30. The molecule has 0 aliphatic carbocycles. The molecule has 0 aliphatic rings. The number of benzene rings is 3. The van der Waals surface area contributed by atoms with E-state index < -0.39 is 0 Å². The van der Waals surface area contributed by atoms with Crippen molar-refractivity contribution in [3.8, 4) is 17.2 Å². The Morgan fingerprint density at radius 2 is 1.58 bits per heavy atom. The molecule has 1 amide bonds. The molecule has 0 aliphatic heterocycles. The zero-order chi connectivity index (χ0) is 21.6. The van der Waals surface area contributed by atoms with E-state index in [4.69, 9.17) is 14.2 Å². The number of ether oxygens (including phenoxy) is 3. The van der Waals surface area contributed by atoms with Crippen molar-refractivity contribution in [2.45, 2.75) is 13.2 Å². The van der Waals surface area contributed by atoms with Crippen molar-refractivity contribution in [1.29, 1.82) is 0 Å². The molecule has 31 heavy (non-hydrogen) atoms. The number of anilines is 1. The Hall–Kier alpha value is -4.00. The monoisotopic (exact) mass is 417 g/mol. The Bertz CT molecular complexity index is 1170. The van der Waals surface area contributed by atoms with E-state index >= 15 is 0 Å². The lowest BCUT2D eigenvalue weighted by atomic mass is 10.2. The Kier molecular flexibility index (Phi) is 6.03. The smallest absolute Gasteiger partial charge is 0.244 e. The van der Waals surface area contributed by atoms with E-state index in [1.54, 1.807) is 32.4 Å². The maximum atomic E-state index is 12.9. The van der Waals surface area contributed by atoms with Crippen molar-refractivity contribution >= 4 is 22.6 Å². The summed E-state index contributed by atoms with van der Waals surface area (Å²) in [6, 6.07) is 22.5. The zero-order valence-electron chi connectivity index (χ0n) is 17.4. The lowest BCUT2D eigenvalue weighted by Gasteiger charge is -2.12. The van der Waals surface area contributed by atoms with Crippen molar-refractivity contribution in [3.63, 3.8) is 0 Å². The molecule has 4 rings (SSSR count). The molecule has 0 saturated carbocycles. The van der Waals surface area contributed by atoms with Crippen molar-refractivity contribution in [3.05, 3.63) is 78.6 Å². The van der Waals surface area contributed by atoms with Gasteiger partial charge >= 0.3 is 0 Å². The molecule has 158 valence electrons. The number of aromatic nitrogens is 2. The van der Waals surface area contributed by atoms with E-state index in [-0.39, 0.29) is 19.1 Å². The third-order valence-corrected chi connectivity index (χ3v) is 4.78. The number of imidazole rings is 1. The molecule has 0 radical (unpaired) electrons. The Morgan fingerprint density at radius 1 is 0.903 bits per heavy atom. The topological polar surface area (TPSA) is 74.6 Å². The molecular weight excluding hydrogens is 394 g/mol. The van der Waals surface area contributed by atoms with Gasteiger partial charge in [0.15, 0.2) is 0 Å².